The van der Waals surface area contributed by atoms with Gasteiger partial charge in [-0.15, -0.1) is 11.3 Å². The minimum atomic E-state index is -3.33. The molecule has 7 nitrogen and oxygen atoms in total. The largest absolute Gasteiger partial charge is 0.470 e. The van der Waals surface area contributed by atoms with Gasteiger partial charge in [-0.05, 0) is 11.4 Å². The van der Waals surface area contributed by atoms with Crippen LogP contribution in [-0.4, -0.2) is 86.3 Å². The maximum atomic E-state index is 12.6. The van der Waals surface area contributed by atoms with E-state index in [1.54, 1.807) is 15.6 Å². The van der Waals surface area contributed by atoms with E-state index in [-0.39, 0.29) is 6.10 Å². The van der Waals surface area contributed by atoms with Crippen LogP contribution < -0.4 is 0 Å². The molecule has 1 atom stereocenters. The predicted molar refractivity (Wildman–Crippen MR) is 100 cm³/mol. The summed E-state index contributed by atoms with van der Waals surface area (Å²) >= 11 is 1.63. The van der Waals surface area contributed by atoms with E-state index in [0.29, 0.717) is 32.7 Å². The molecule has 0 aromatic carbocycles. The highest BCUT2D eigenvalue weighted by Crippen LogP contribution is 2.18. The molecule has 0 amide bonds. The Kier molecular flexibility index (Phi) is 6.11. The highest BCUT2D eigenvalue weighted by Gasteiger charge is 2.32. The van der Waals surface area contributed by atoms with Crippen molar-refractivity contribution in [3.63, 3.8) is 0 Å². The molecular weight excluding hydrogens is 360 g/mol. The quantitative estimate of drug-likeness (QED) is 0.704. The minimum Gasteiger partial charge on any atom is -0.470 e. The molecule has 3 heterocycles. The molecule has 1 fully saturated rings. The van der Waals surface area contributed by atoms with Gasteiger partial charge in [0.15, 0.2) is 0 Å². The molecule has 9 heteroatoms. The van der Waals surface area contributed by atoms with Crippen LogP contribution in [0.2, 0.25) is 0 Å². The molecule has 1 aromatic rings. The van der Waals surface area contributed by atoms with Gasteiger partial charge in [0, 0.05) is 45.8 Å². The number of aliphatic imine (C=N–C) groups is 1. The van der Waals surface area contributed by atoms with Crippen molar-refractivity contribution < 1.29 is 13.2 Å². The average Bonchev–Trinajstić information content (AvgIpc) is 3.27. The van der Waals surface area contributed by atoms with E-state index in [4.69, 9.17) is 4.74 Å². The Morgan fingerprint density at radius 3 is 2.60 bits per heavy atom. The molecule has 3 rings (SSSR count). The molecule has 0 bridgehead atoms. The van der Waals surface area contributed by atoms with E-state index in [0.717, 1.165) is 30.4 Å². The number of nitrogens with zero attached hydrogens (tertiary/aromatic N) is 4. The van der Waals surface area contributed by atoms with Gasteiger partial charge in [-0.1, -0.05) is 19.9 Å². The Bertz CT molecular complexity index is 678. The predicted octanol–water partition coefficient (Wildman–Crippen LogP) is 1.10. The number of piperazine rings is 1. The van der Waals surface area contributed by atoms with Crippen molar-refractivity contribution in [2.75, 3.05) is 52.4 Å². The van der Waals surface area contributed by atoms with Crippen LogP contribution in [0, 0.1) is 0 Å². The van der Waals surface area contributed by atoms with E-state index >= 15 is 0 Å². The third-order valence-electron chi connectivity index (χ3n) is 4.60. The monoisotopic (exact) mass is 386 g/mol. The first-order chi connectivity index (χ1) is 12.0. The molecule has 2 aliphatic heterocycles. The van der Waals surface area contributed by atoms with Crippen LogP contribution in [0.3, 0.4) is 0 Å². The summed E-state index contributed by atoms with van der Waals surface area (Å²) in [7, 11) is -3.33. The minimum absolute atomic E-state index is 0.0584. The van der Waals surface area contributed by atoms with Crippen LogP contribution in [0.4, 0.5) is 0 Å². The number of hydrogen-bond donors (Lipinski definition) is 0. The summed E-state index contributed by atoms with van der Waals surface area (Å²) in [6, 6.07) is 4.01. The lowest BCUT2D eigenvalue weighted by Gasteiger charge is -2.36. The summed E-state index contributed by atoms with van der Waals surface area (Å²) in [6.07, 6.45) is 0.0584. The highest BCUT2D eigenvalue weighted by molar-refractivity contribution is 7.86. The van der Waals surface area contributed by atoms with Gasteiger partial charge in [0.2, 0.25) is 5.90 Å². The van der Waals surface area contributed by atoms with Crippen LogP contribution in [0.1, 0.15) is 18.7 Å². The van der Waals surface area contributed by atoms with E-state index in [2.05, 4.69) is 9.89 Å². The Morgan fingerprint density at radius 1 is 1.28 bits per heavy atom. The first-order valence-corrected chi connectivity index (χ1v) is 11.0. The maximum absolute atomic E-state index is 12.6. The van der Waals surface area contributed by atoms with Gasteiger partial charge in [-0.3, -0.25) is 4.90 Å². The summed E-state index contributed by atoms with van der Waals surface area (Å²) in [5.41, 5.74) is 0. The lowest BCUT2D eigenvalue weighted by molar-refractivity contribution is 0.115. The molecular formula is C16H26N4O3S2. The number of rotatable bonds is 7. The molecule has 0 radical (unpaired) electrons. The average molecular weight is 387 g/mol. The normalized spacial score (nSPS) is 23.0. The second kappa shape index (κ2) is 8.13. The SMILES string of the molecule is CCN(CC)S(=O)(=O)N1CCN(C[C@H]2CN=C(c3cccs3)O2)CC1. The number of ether oxygens (including phenoxy) is 1. The van der Waals surface area contributed by atoms with Crippen molar-refractivity contribution in [2.45, 2.75) is 20.0 Å². The fraction of sp³-hybridized carbons (Fsp3) is 0.688. The van der Waals surface area contributed by atoms with Crippen LogP contribution in [0.25, 0.3) is 0 Å². The summed E-state index contributed by atoms with van der Waals surface area (Å²) in [5.74, 6) is 0.739. The third kappa shape index (κ3) is 4.22. The molecule has 0 N–H and O–H groups in total. The number of hydrogen-bond acceptors (Lipinski definition) is 6. The highest BCUT2D eigenvalue weighted by atomic mass is 32.2. The second-order valence-corrected chi connectivity index (χ2v) is 9.03. The molecule has 0 aliphatic carbocycles. The van der Waals surface area contributed by atoms with Gasteiger partial charge in [0.05, 0.1) is 11.4 Å². The standard InChI is InChI=1S/C16H26N4O3S2/c1-3-19(4-2)25(21,22)20-9-7-18(8-10-20)13-14-12-17-16(23-14)15-6-5-11-24-15/h5-6,11,14H,3-4,7-10,12-13H2,1-2H3/t14-/m1/s1. The van der Waals surface area contributed by atoms with Gasteiger partial charge in [0.1, 0.15) is 6.10 Å². The van der Waals surface area contributed by atoms with Crippen LogP contribution in [-0.2, 0) is 14.9 Å². The van der Waals surface area contributed by atoms with Crippen molar-refractivity contribution in [1.82, 2.24) is 13.5 Å². The Morgan fingerprint density at radius 2 is 2.00 bits per heavy atom. The molecule has 140 valence electrons. The van der Waals surface area contributed by atoms with E-state index < -0.39 is 10.2 Å². The summed E-state index contributed by atoms with van der Waals surface area (Å²) in [5, 5.41) is 2.02. The van der Waals surface area contributed by atoms with Gasteiger partial charge in [-0.25, -0.2) is 4.99 Å². The van der Waals surface area contributed by atoms with Gasteiger partial charge in [0.25, 0.3) is 10.2 Å². The summed E-state index contributed by atoms with van der Waals surface area (Å²) in [4.78, 5) is 7.83. The number of thiophene rings is 1. The second-order valence-electron chi connectivity index (χ2n) is 6.15. The van der Waals surface area contributed by atoms with E-state index in [9.17, 15) is 8.42 Å². The Labute approximate surface area is 154 Å². The van der Waals surface area contributed by atoms with Gasteiger partial charge >= 0.3 is 0 Å². The fourth-order valence-corrected chi connectivity index (χ4v) is 5.47. The van der Waals surface area contributed by atoms with Crippen LogP contribution in [0.5, 0.6) is 0 Å². The summed E-state index contributed by atoms with van der Waals surface area (Å²) < 4.78 is 34.2. The van der Waals surface area contributed by atoms with Crippen molar-refractivity contribution in [3.8, 4) is 0 Å². The Balaban J connectivity index is 1.48. The molecule has 0 spiro atoms. The third-order valence-corrected chi connectivity index (χ3v) is 7.64. The lowest BCUT2D eigenvalue weighted by atomic mass is 10.3. The molecule has 0 saturated carbocycles. The van der Waals surface area contributed by atoms with Crippen molar-refractivity contribution in [1.29, 1.82) is 0 Å². The topological polar surface area (TPSA) is 65.5 Å². The van der Waals surface area contributed by atoms with E-state index in [1.807, 2.05) is 31.4 Å². The zero-order valence-electron chi connectivity index (χ0n) is 14.8. The molecule has 2 aliphatic rings. The van der Waals surface area contributed by atoms with Gasteiger partial charge in [-0.2, -0.15) is 17.0 Å². The zero-order chi connectivity index (χ0) is 17.9. The smallest absolute Gasteiger partial charge is 0.282 e. The molecule has 1 aromatic heterocycles. The first kappa shape index (κ1) is 18.8. The lowest BCUT2D eigenvalue weighted by Crippen LogP contribution is -2.54. The Hall–Kier alpha value is -1.00. The maximum Gasteiger partial charge on any atom is 0.282 e. The fourth-order valence-electron chi connectivity index (χ4n) is 3.19. The van der Waals surface area contributed by atoms with E-state index in [1.165, 1.54) is 4.31 Å². The van der Waals surface area contributed by atoms with Crippen molar-refractivity contribution in [3.05, 3.63) is 22.4 Å². The first-order valence-electron chi connectivity index (χ1n) is 8.77. The van der Waals surface area contributed by atoms with Crippen molar-refractivity contribution >= 4 is 27.4 Å². The van der Waals surface area contributed by atoms with Crippen LogP contribution in [0.15, 0.2) is 22.5 Å². The van der Waals surface area contributed by atoms with Crippen LogP contribution >= 0.6 is 11.3 Å². The molecule has 1 saturated heterocycles. The molecule has 25 heavy (non-hydrogen) atoms. The zero-order valence-corrected chi connectivity index (χ0v) is 16.4. The summed E-state index contributed by atoms with van der Waals surface area (Å²) in [6.45, 7) is 8.76. The van der Waals surface area contributed by atoms with Gasteiger partial charge < -0.3 is 4.74 Å². The van der Waals surface area contributed by atoms with Crippen molar-refractivity contribution in [2.24, 2.45) is 4.99 Å². The molecule has 0 unspecified atom stereocenters.